The molecule has 0 radical (unpaired) electrons. The highest BCUT2D eigenvalue weighted by atomic mass is 35.5. The molecule has 3 heteroatoms. The summed E-state index contributed by atoms with van der Waals surface area (Å²) in [5, 5.41) is 0.780. The minimum Gasteiger partial charge on any atom is -0.373 e. The van der Waals surface area contributed by atoms with Crippen LogP contribution in [0.4, 0.5) is 0 Å². The average Bonchev–Trinajstić information content (AvgIpc) is 2.30. The molecule has 0 saturated heterocycles. The summed E-state index contributed by atoms with van der Waals surface area (Å²) in [5.74, 6) is 0.329. The first-order chi connectivity index (χ1) is 8.74. The van der Waals surface area contributed by atoms with E-state index in [9.17, 15) is 4.79 Å². The molecule has 3 rings (SSSR count). The van der Waals surface area contributed by atoms with Gasteiger partial charge in [-0.3, -0.25) is 4.79 Å². The first-order valence-corrected chi connectivity index (χ1v) is 7.04. The highest BCUT2D eigenvalue weighted by Gasteiger charge is 2.22. The van der Waals surface area contributed by atoms with E-state index in [0.29, 0.717) is 31.3 Å². The van der Waals surface area contributed by atoms with Gasteiger partial charge in [0.25, 0.3) is 0 Å². The van der Waals surface area contributed by atoms with Crippen LogP contribution >= 0.6 is 11.6 Å². The summed E-state index contributed by atoms with van der Waals surface area (Å²) in [6.45, 7) is 0.598. The average molecular weight is 265 g/mol. The summed E-state index contributed by atoms with van der Waals surface area (Å²) in [6.07, 6.45) is 6.06. The molecule has 0 N–H and O–H groups in total. The molecule has 0 aromatic heterocycles. The summed E-state index contributed by atoms with van der Waals surface area (Å²) < 4.78 is 5.87. The first-order valence-electron chi connectivity index (χ1n) is 6.66. The first kappa shape index (κ1) is 12.2. The Kier molecular flexibility index (Phi) is 3.40. The fraction of sp³-hybridized carbons (Fsp3) is 0.533. The molecule has 0 atom stereocenters. The van der Waals surface area contributed by atoms with Crippen molar-refractivity contribution >= 4 is 17.4 Å². The molecule has 2 aliphatic carbocycles. The van der Waals surface area contributed by atoms with Crippen molar-refractivity contribution in [3.63, 3.8) is 0 Å². The quantitative estimate of drug-likeness (QED) is 0.836. The molecule has 0 bridgehead atoms. The summed E-state index contributed by atoms with van der Waals surface area (Å²) in [5.41, 5.74) is 3.50. The number of carbonyl (C=O) groups is 1. The number of Topliss-reactive ketones (excluding diaryl/α,β-unsaturated/α-hetero) is 1. The van der Waals surface area contributed by atoms with E-state index in [-0.39, 0.29) is 0 Å². The normalized spacial score (nSPS) is 19.5. The fourth-order valence-corrected chi connectivity index (χ4v) is 2.88. The van der Waals surface area contributed by atoms with Crippen molar-refractivity contribution in [2.45, 2.75) is 51.2 Å². The van der Waals surface area contributed by atoms with E-state index in [0.717, 1.165) is 22.6 Å². The Bertz CT molecular complexity index is 478. The molecule has 0 amide bonds. The van der Waals surface area contributed by atoms with Crippen molar-refractivity contribution in [3.8, 4) is 0 Å². The maximum absolute atomic E-state index is 11.5. The third-order valence-electron chi connectivity index (χ3n) is 4.03. The summed E-state index contributed by atoms with van der Waals surface area (Å²) in [4.78, 5) is 11.5. The second-order valence-electron chi connectivity index (χ2n) is 5.24. The van der Waals surface area contributed by atoms with E-state index in [2.05, 4.69) is 0 Å². The largest absolute Gasteiger partial charge is 0.373 e. The van der Waals surface area contributed by atoms with Crippen LogP contribution in [0, 0.1) is 0 Å². The van der Waals surface area contributed by atoms with Crippen LogP contribution in [-0.2, 0) is 29.0 Å². The number of rotatable bonds is 3. The van der Waals surface area contributed by atoms with Crippen LogP contribution in [0.15, 0.2) is 12.1 Å². The van der Waals surface area contributed by atoms with E-state index in [1.807, 2.05) is 12.1 Å². The molecular formula is C15H17ClO2. The van der Waals surface area contributed by atoms with Gasteiger partial charge in [-0.05, 0) is 48.4 Å². The molecule has 1 aromatic rings. The van der Waals surface area contributed by atoms with Gasteiger partial charge in [-0.25, -0.2) is 0 Å². The number of benzene rings is 1. The van der Waals surface area contributed by atoms with Gasteiger partial charge in [0, 0.05) is 17.9 Å². The lowest BCUT2D eigenvalue weighted by atomic mass is 9.87. The van der Waals surface area contributed by atoms with Crippen molar-refractivity contribution in [2.75, 3.05) is 0 Å². The van der Waals surface area contributed by atoms with Gasteiger partial charge < -0.3 is 4.74 Å². The second-order valence-corrected chi connectivity index (χ2v) is 5.65. The zero-order chi connectivity index (χ0) is 12.5. The van der Waals surface area contributed by atoms with Crippen molar-refractivity contribution in [1.29, 1.82) is 0 Å². The van der Waals surface area contributed by atoms with Crippen LogP contribution < -0.4 is 0 Å². The number of fused-ring (bicyclic) bond motifs is 1. The smallest absolute Gasteiger partial charge is 0.137 e. The van der Waals surface area contributed by atoms with Gasteiger partial charge in [-0.15, -0.1) is 0 Å². The van der Waals surface area contributed by atoms with Gasteiger partial charge in [0.15, 0.2) is 0 Å². The summed E-state index contributed by atoms with van der Waals surface area (Å²) in [7, 11) is 0. The van der Waals surface area contributed by atoms with Gasteiger partial charge in [-0.1, -0.05) is 17.7 Å². The van der Waals surface area contributed by atoms with Gasteiger partial charge in [0.05, 0.1) is 12.7 Å². The zero-order valence-corrected chi connectivity index (χ0v) is 11.1. The monoisotopic (exact) mass is 264 g/mol. The number of ketones is 1. The molecule has 2 aliphatic rings. The van der Waals surface area contributed by atoms with Crippen molar-refractivity contribution in [3.05, 3.63) is 33.8 Å². The number of hydrogen-bond acceptors (Lipinski definition) is 2. The minimum atomic E-state index is 0.329. The topological polar surface area (TPSA) is 26.3 Å². The Morgan fingerprint density at radius 3 is 2.83 bits per heavy atom. The van der Waals surface area contributed by atoms with Crippen LogP contribution in [0.5, 0.6) is 0 Å². The molecule has 1 fully saturated rings. The highest BCUT2D eigenvalue weighted by molar-refractivity contribution is 6.31. The van der Waals surface area contributed by atoms with Gasteiger partial charge in [-0.2, -0.15) is 0 Å². The molecule has 18 heavy (non-hydrogen) atoms. The van der Waals surface area contributed by atoms with Crippen molar-refractivity contribution in [2.24, 2.45) is 0 Å². The van der Waals surface area contributed by atoms with Crippen LogP contribution in [0.2, 0.25) is 5.02 Å². The van der Waals surface area contributed by atoms with Gasteiger partial charge in [0.2, 0.25) is 0 Å². The molecular weight excluding hydrogens is 248 g/mol. The maximum atomic E-state index is 11.5. The molecule has 0 heterocycles. The van der Waals surface area contributed by atoms with Crippen LogP contribution in [0.25, 0.3) is 0 Å². The Morgan fingerprint density at radius 1 is 1.28 bits per heavy atom. The number of ether oxygens (including phenoxy) is 1. The summed E-state index contributed by atoms with van der Waals surface area (Å²) >= 11 is 6.28. The lowest BCUT2D eigenvalue weighted by molar-refractivity contribution is -0.118. The van der Waals surface area contributed by atoms with E-state index in [1.54, 1.807) is 0 Å². The van der Waals surface area contributed by atoms with E-state index >= 15 is 0 Å². The number of halogens is 1. The zero-order valence-electron chi connectivity index (χ0n) is 10.4. The Morgan fingerprint density at radius 2 is 2.11 bits per heavy atom. The second kappa shape index (κ2) is 5.02. The predicted molar refractivity (Wildman–Crippen MR) is 70.9 cm³/mol. The highest BCUT2D eigenvalue weighted by Crippen LogP contribution is 2.31. The molecule has 96 valence electrons. The van der Waals surface area contributed by atoms with Gasteiger partial charge in [0.1, 0.15) is 5.78 Å². The Labute approximate surface area is 112 Å². The molecule has 1 saturated carbocycles. The lowest BCUT2D eigenvalue weighted by Crippen LogP contribution is -2.22. The van der Waals surface area contributed by atoms with Gasteiger partial charge >= 0.3 is 0 Å². The minimum absolute atomic E-state index is 0.329. The van der Waals surface area contributed by atoms with E-state index in [1.165, 1.54) is 24.8 Å². The molecule has 0 aliphatic heterocycles. The Balaban J connectivity index is 1.82. The third kappa shape index (κ3) is 2.32. The maximum Gasteiger partial charge on any atom is 0.137 e. The van der Waals surface area contributed by atoms with Crippen molar-refractivity contribution < 1.29 is 9.53 Å². The number of carbonyl (C=O) groups excluding carboxylic acids is 1. The van der Waals surface area contributed by atoms with Crippen LogP contribution in [0.3, 0.4) is 0 Å². The molecule has 1 aromatic carbocycles. The van der Waals surface area contributed by atoms with E-state index in [4.69, 9.17) is 16.3 Å². The van der Waals surface area contributed by atoms with Crippen LogP contribution in [0.1, 0.15) is 42.4 Å². The lowest BCUT2D eigenvalue weighted by Gasteiger charge is -2.27. The summed E-state index contributed by atoms with van der Waals surface area (Å²) in [6, 6.07) is 3.89. The van der Waals surface area contributed by atoms with Crippen LogP contribution in [-0.4, -0.2) is 11.9 Å². The SMILES string of the molecule is O=C1CCc2c(ccc(Cl)c2COC2CCC2)C1. The van der Waals surface area contributed by atoms with Crippen molar-refractivity contribution in [1.82, 2.24) is 0 Å². The molecule has 0 unspecified atom stereocenters. The molecule has 2 nitrogen and oxygen atoms in total. The number of hydrogen-bond donors (Lipinski definition) is 0. The molecule has 0 spiro atoms. The predicted octanol–water partition coefficient (Wildman–Crippen LogP) is 3.47. The fourth-order valence-electron chi connectivity index (χ4n) is 2.65. The third-order valence-corrected chi connectivity index (χ3v) is 4.38. The van der Waals surface area contributed by atoms with E-state index < -0.39 is 0 Å². The standard InChI is InChI=1S/C15H17ClO2/c16-15-7-4-10-8-11(17)5-6-13(10)14(15)9-18-12-2-1-3-12/h4,7,12H,1-3,5-6,8-9H2. The Hall–Kier alpha value is -0.860.